The van der Waals surface area contributed by atoms with Gasteiger partial charge in [0.15, 0.2) is 17.3 Å². The van der Waals surface area contributed by atoms with Crippen molar-refractivity contribution in [1.29, 1.82) is 0 Å². The number of primary amides is 2. The summed E-state index contributed by atoms with van der Waals surface area (Å²) in [7, 11) is 0. The minimum absolute atomic E-state index is 0.0754. The summed E-state index contributed by atoms with van der Waals surface area (Å²) in [5.74, 6) is 12.5. The van der Waals surface area contributed by atoms with Gasteiger partial charge in [0.2, 0.25) is 0 Å². The summed E-state index contributed by atoms with van der Waals surface area (Å²) in [6.07, 6.45) is 0. The standard InChI is InChI=1S/C27H24N6O5/c28-26(35)32(30)21-13-11-18(16-24(21)38-20-9-5-2-6-10-20)25(34)17-12-14-23(22(15-17)33(31)27(29)36)37-19-7-3-1-4-8-19/h1-16H,30-31H2,(H2,28,35)(H2,29,36). The highest BCUT2D eigenvalue weighted by Crippen LogP contribution is 2.35. The largest absolute Gasteiger partial charge is 0.455 e. The number of urea groups is 2. The summed E-state index contributed by atoms with van der Waals surface area (Å²) >= 11 is 0. The Morgan fingerprint density at radius 3 is 1.58 bits per heavy atom. The lowest BCUT2D eigenvalue weighted by atomic mass is 10.0. The van der Waals surface area contributed by atoms with Gasteiger partial charge in [-0.15, -0.1) is 0 Å². The molecular weight excluding hydrogens is 488 g/mol. The Balaban J connectivity index is 1.73. The molecule has 0 aliphatic rings. The van der Waals surface area contributed by atoms with E-state index in [1.165, 1.54) is 36.4 Å². The molecule has 38 heavy (non-hydrogen) atoms. The van der Waals surface area contributed by atoms with E-state index in [0.29, 0.717) is 21.5 Å². The average Bonchev–Trinajstić information content (AvgIpc) is 2.93. The fraction of sp³-hybridized carbons (Fsp3) is 0. The first-order valence-electron chi connectivity index (χ1n) is 11.2. The third-order valence-electron chi connectivity index (χ3n) is 5.38. The number of hydrogen-bond donors (Lipinski definition) is 4. The average molecular weight is 513 g/mol. The molecule has 11 nitrogen and oxygen atoms in total. The molecule has 8 N–H and O–H groups in total. The Kier molecular flexibility index (Phi) is 7.52. The second-order valence-electron chi connectivity index (χ2n) is 7.94. The fourth-order valence-electron chi connectivity index (χ4n) is 3.50. The highest BCUT2D eigenvalue weighted by molar-refractivity contribution is 6.10. The van der Waals surface area contributed by atoms with Gasteiger partial charge in [0.25, 0.3) is 0 Å². The first kappa shape index (κ1) is 25.7. The van der Waals surface area contributed by atoms with Crippen molar-refractivity contribution in [2.45, 2.75) is 0 Å². The van der Waals surface area contributed by atoms with Crippen LogP contribution in [-0.2, 0) is 0 Å². The lowest BCUT2D eigenvalue weighted by Crippen LogP contribution is -2.41. The highest BCUT2D eigenvalue weighted by atomic mass is 16.5. The molecule has 0 spiro atoms. The Morgan fingerprint density at radius 1 is 0.553 bits per heavy atom. The van der Waals surface area contributed by atoms with Gasteiger partial charge in [0.1, 0.15) is 22.9 Å². The molecule has 0 bridgehead atoms. The molecule has 0 radical (unpaired) electrons. The molecule has 0 aliphatic carbocycles. The van der Waals surface area contributed by atoms with E-state index >= 15 is 0 Å². The van der Waals surface area contributed by atoms with Crippen molar-refractivity contribution in [1.82, 2.24) is 0 Å². The predicted molar refractivity (Wildman–Crippen MR) is 142 cm³/mol. The number of para-hydroxylation sites is 2. The molecule has 0 aliphatic heterocycles. The van der Waals surface area contributed by atoms with Gasteiger partial charge in [-0.2, -0.15) is 0 Å². The number of ether oxygens (including phenoxy) is 2. The minimum atomic E-state index is -0.954. The van der Waals surface area contributed by atoms with E-state index in [0.717, 1.165) is 0 Å². The van der Waals surface area contributed by atoms with E-state index in [2.05, 4.69) is 0 Å². The van der Waals surface area contributed by atoms with Crippen LogP contribution in [0.1, 0.15) is 15.9 Å². The molecular formula is C27H24N6O5. The maximum absolute atomic E-state index is 13.5. The highest BCUT2D eigenvalue weighted by Gasteiger charge is 2.21. The second-order valence-corrected chi connectivity index (χ2v) is 7.94. The third-order valence-corrected chi connectivity index (χ3v) is 5.38. The van der Waals surface area contributed by atoms with Gasteiger partial charge in [-0.3, -0.25) is 4.79 Å². The van der Waals surface area contributed by atoms with Crippen LogP contribution in [0.2, 0.25) is 0 Å². The third kappa shape index (κ3) is 5.70. The van der Waals surface area contributed by atoms with Gasteiger partial charge in [-0.25, -0.2) is 31.3 Å². The Morgan fingerprint density at radius 2 is 1.03 bits per heavy atom. The number of nitrogens with two attached hydrogens (primary N) is 4. The lowest BCUT2D eigenvalue weighted by Gasteiger charge is -2.20. The minimum Gasteiger partial charge on any atom is -0.455 e. The SMILES string of the molecule is NC(=O)N(N)c1ccc(C(=O)c2ccc(Oc3ccccc3)c(N(N)C(N)=O)c2)cc1Oc1ccccc1. The normalized spacial score (nSPS) is 10.4. The molecule has 0 saturated heterocycles. The molecule has 0 atom stereocenters. The van der Waals surface area contributed by atoms with Gasteiger partial charge in [-0.1, -0.05) is 36.4 Å². The van der Waals surface area contributed by atoms with Gasteiger partial charge < -0.3 is 20.9 Å². The summed E-state index contributed by atoms with van der Waals surface area (Å²) in [5.41, 5.74) is 11.3. The number of anilines is 2. The van der Waals surface area contributed by atoms with Crippen molar-refractivity contribution < 1.29 is 23.9 Å². The molecule has 192 valence electrons. The summed E-state index contributed by atoms with van der Waals surface area (Å²) in [6.45, 7) is 0. The molecule has 4 rings (SSSR count). The predicted octanol–water partition coefficient (Wildman–Crippen LogP) is 4.02. The molecule has 0 fully saturated rings. The van der Waals surface area contributed by atoms with Crippen LogP contribution in [-0.4, -0.2) is 17.8 Å². The van der Waals surface area contributed by atoms with E-state index in [9.17, 15) is 14.4 Å². The fourth-order valence-corrected chi connectivity index (χ4v) is 3.50. The molecule has 0 heterocycles. The van der Waals surface area contributed by atoms with Crippen LogP contribution in [0.4, 0.5) is 21.0 Å². The van der Waals surface area contributed by atoms with Gasteiger partial charge >= 0.3 is 12.1 Å². The molecule has 0 aromatic heterocycles. The maximum atomic E-state index is 13.5. The number of hydrogen-bond acceptors (Lipinski definition) is 7. The number of hydrazine groups is 2. The van der Waals surface area contributed by atoms with Crippen molar-refractivity contribution in [3.05, 3.63) is 108 Å². The monoisotopic (exact) mass is 512 g/mol. The summed E-state index contributed by atoms with van der Waals surface area (Å²) in [5, 5.41) is 1.39. The van der Waals surface area contributed by atoms with Gasteiger partial charge in [0.05, 0.1) is 0 Å². The number of benzene rings is 4. The van der Waals surface area contributed by atoms with Gasteiger partial charge in [0, 0.05) is 11.1 Å². The van der Waals surface area contributed by atoms with Crippen LogP contribution in [0.15, 0.2) is 97.1 Å². The van der Waals surface area contributed by atoms with Crippen LogP contribution in [0, 0.1) is 0 Å². The van der Waals surface area contributed by atoms with Crippen LogP contribution in [0.3, 0.4) is 0 Å². The van der Waals surface area contributed by atoms with E-state index in [4.69, 9.17) is 32.6 Å². The topological polar surface area (TPSA) is 180 Å². The zero-order chi connectivity index (χ0) is 27.2. The summed E-state index contributed by atoms with van der Waals surface area (Å²) in [6, 6.07) is 24.4. The van der Waals surface area contributed by atoms with Crippen LogP contribution >= 0.6 is 0 Å². The zero-order valence-corrected chi connectivity index (χ0v) is 20.0. The number of amides is 4. The molecule has 4 amide bonds. The molecule has 0 unspecified atom stereocenters. The van der Waals surface area contributed by atoms with Crippen LogP contribution in [0.5, 0.6) is 23.0 Å². The first-order chi connectivity index (χ1) is 18.2. The molecule has 4 aromatic carbocycles. The summed E-state index contributed by atoms with van der Waals surface area (Å²) in [4.78, 5) is 37.0. The van der Waals surface area contributed by atoms with Gasteiger partial charge in [-0.05, 0) is 60.7 Å². The first-order valence-corrected chi connectivity index (χ1v) is 11.2. The molecule has 4 aromatic rings. The summed E-state index contributed by atoms with van der Waals surface area (Å²) < 4.78 is 11.7. The van der Waals surface area contributed by atoms with Crippen molar-refractivity contribution in [3.8, 4) is 23.0 Å². The van der Waals surface area contributed by atoms with E-state index in [1.54, 1.807) is 48.5 Å². The Bertz CT molecular complexity index is 1480. The quantitative estimate of drug-likeness (QED) is 0.119. The Labute approximate surface area is 217 Å². The number of carbonyl (C=O) groups is 3. The van der Waals surface area contributed by atoms with Crippen molar-refractivity contribution in [2.24, 2.45) is 23.2 Å². The van der Waals surface area contributed by atoms with E-state index in [1.807, 2.05) is 12.1 Å². The second kappa shape index (κ2) is 11.1. The van der Waals surface area contributed by atoms with Crippen molar-refractivity contribution in [3.63, 3.8) is 0 Å². The smallest absolute Gasteiger partial charge is 0.333 e. The number of carbonyl (C=O) groups excluding carboxylic acids is 3. The van der Waals surface area contributed by atoms with E-state index in [-0.39, 0.29) is 34.0 Å². The van der Waals surface area contributed by atoms with Crippen molar-refractivity contribution >= 4 is 29.2 Å². The maximum Gasteiger partial charge on any atom is 0.333 e. The van der Waals surface area contributed by atoms with E-state index < -0.39 is 17.8 Å². The number of nitrogens with zero attached hydrogens (tertiary/aromatic N) is 2. The number of ketones is 1. The zero-order valence-electron chi connectivity index (χ0n) is 20.0. The number of rotatable bonds is 8. The lowest BCUT2D eigenvalue weighted by molar-refractivity contribution is 0.103. The Hall–Kier alpha value is -5.39. The van der Waals surface area contributed by atoms with Crippen LogP contribution in [0.25, 0.3) is 0 Å². The van der Waals surface area contributed by atoms with Crippen molar-refractivity contribution in [2.75, 3.05) is 10.0 Å². The van der Waals surface area contributed by atoms with Crippen LogP contribution < -0.4 is 42.6 Å². The molecule has 0 saturated carbocycles. The molecule has 11 heteroatoms.